The third-order valence-electron chi connectivity index (χ3n) is 6.32. The van der Waals surface area contributed by atoms with E-state index in [9.17, 15) is 13.2 Å². The molecular weight excluding hydrogens is 454 g/mol. The number of hydrogen-bond donors (Lipinski definition) is 1. The maximum atomic E-state index is 12.9. The summed E-state index contributed by atoms with van der Waals surface area (Å²) in [6.07, 6.45) is 4.52. The molecule has 0 amide bonds. The van der Waals surface area contributed by atoms with Gasteiger partial charge in [-0.15, -0.1) is 0 Å². The number of ether oxygens (including phenoxy) is 1. The number of sulfone groups is 1. The lowest BCUT2D eigenvalue weighted by atomic mass is 10.1. The van der Waals surface area contributed by atoms with E-state index in [2.05, 4.69) is 15.2 Å². The van der Waals surface area contributed by atoms with Crippen LogP contribution in [-0.4, -0.2) is 72.5 Å². The van der Waals surface area contributed by atoms with Crippen molar-refractivity contribution in [3.05, 3.63) is 47.0 Å². The van der Waals surface area contributed by atoms with Gasteiger partial charge in [0.25, 0.3) is 5.56 Å². The topological polar surface area (TPSA) is 106 Å². The van der Waals surface area contributed by atoms with E-state index < -0.39 is 9.84 Å². The smallest absolute Gasteiger partial charge is 0.264 e. The minimum atomic E-state index is -3.40. The van der Waals surface area contributed by atoms with Gasteiger partial charge in [-0.2, -0.15) is 0 Å². The molecule has 1 aliphatic carbocycles. The molecule has 1 saturated heterocycles. The average molecular weight is 484 g/mol. The molecule has 0 unspecified atom stereocenters. The molecule has 34 heavy (non-hydrogen) atoms. The number of fused-ring (bicyclic) bond motifs is 1. The van der Waals surface area contributed by atoms with E-state index in [0.717, 1.165) is 44.5 Å². The van der Waals surface area contributed by atoms with Crippen molar-refractivity contribution < 1.29 is 13.2 Å². The number of benzene rings is 1. The van der Waals surface area contributed by atoms with Crippen LogP contribution in [0.4, 0.5) is 5.82 Å². The van der Waals surface area contributed by atoms with E-state index in [0.29, 0.717) is 46.5 Å². The molecule has 1 aliphatic heterocycles. The summed E-state index contributed by atoms with van der Waals surface area (Å²) in [5.74, 6) is 0.602. The summed E-state index contributed by atoms with van der Waals surface area (Å²) in [6.45, 7) is 3.49. The fraction of sp³-hybridized carbons (Fsp3) is 0.458. The first-order valence-corrected chi connectivity index (χ1v) is 13.3. The first kappa shape index (κ1) is 22.9. The van der Waals surface area contributed by atoms with Crippen LogP contribution >= 0.6 is 0 Å². The van der Waals surface area contributed by atoms with Crippen molar-refractivity contribution in [2.45, 2.75) is 30.2 Å². The first-order valence-electron chi connectivity index (χ1n) is 11.7. The number of aryl methyl sites for hydroxylation is 1. The van der Waals surface area contributed by atoms with Gasteiger partial charge in [-0.1, -0.05) is 12.1 Å². The fourth-order valence-corrected chi connectivity index (χ4v) is 5.40. The average Bonchev–Trinajstić information content (AvgIpc) is 3.67. The summed E-state index contributed by atoms with van der Waals surface area (Å²) >= 11 is 0. The normalized spacial score (nSPS) is 17.6. The van der Waals surface area contributed by atoms with Gasteiger partial charge in [0.15, 0.2) is 9.84 Å². The van der Waals surface area contributed by atoms with Gasteiger partial charge in [0.1, 0.15) is 11.2 Å². The van der Waals surface area contributed by atoms with Crippen LogP contribution in [-0.2, 0) is 21.6 Å². The van der Waals surface area contributed by atoms with Crippen LogP contribution in [0.3, 0.4) is 0 Å². The van der Waals surface area contributed by atoms with Crippen molar-refractivity contribution in [2.75, 3.05) is 43.9 Å². The highest BCUT2D eigenvalue weighted by molar-refractivity contribution is 7.91. The number of rotatable bonds is 7. The number of nitrogens with one attached hydrogen (secondary N) is 1. The SMILES string of the molecule is Cn1cnc2cc(-c3ccc(S(=O)(=O)CCN4CCCOCC4)cc3)nc(NC3CC3)c2c1=O. The number of hydrogen-bond acceptors (Lipinski definition) is 8. The second-order valence-corrected chi connectivity index (χ2v) is 11.1. The molecule has 2 aliphatic rings. The molecule has 2 aromatic heterocycles. The van der Waals surface area contributed by atoms with Gasteiger partial charge in [0.05, 0.1) is 34.8 Å². The van der Waals surface area contributed by atoms with Gasteiger partial charge in [-0.25, -0.2) is 18.4 Å². The lowest BCUT2D eigenvalue weighted by Crippen LogP contribution is -2.31. The molecule has 3 aromatic rings. The van der Waals surface area contributed by atoms with Crippen molar-refractivity contribution in [3.8, 4) is 11.3 Å². The zero-order valence-electron chi connectivity index (χ0n) is 19.2. The van der Waals surface area contributed by atoms with Crippen LogP contribution in [0, 0.1) is 0 Å². The summed E-state index contributed by atoms with van der Waals surface area (Å²) < 4.78 is 32.7. The molecule has 0 radical (unpaired) electrons. The molecular formula is C24H29N5O4S. The predicted octanol–water partition coefficient (Wildman–Crippen LogP) is 2.07. The lowest BCUT2D eigenvalue weighted by Gasteiger charge is -2.18. The van der Waals surface area contributed by atoms with E-state index in [1.807, 2.05) is 0 Å². The number of anilines is 1. The number of nitrogens with zero attached hydrogens (tertiary/aromatic N) is 4. The van der Waals surface area contributed by atoms with Crippen LogP contribution in [0.1, 0.15) is 19.3 Å². The Bertz CT molecular complexity index is 1340. The third kappa shape index (κ3) is 4.98. The van der Waals surface area contributed by atoms with Gasteiger partial charge >= 0.3 is 0 Å². The van der Waals surface area contributed by atoms with Crippen molar-refractivity contribution in [1.29, 1.82) is 0 Å². The van der Waals surface area contributed by atoms with E-state index in [1.165, 1.54) is 10.9 Å². The Hall–Kier alpha value is -2.82. The van der Waals surface area contributed by atoms with Crippen LogP contribution in [0.2, 0.25) is 0 Å². The molecule has 1 N–H and O–H groups in total. The maximum Gasteiger partial charge on any atom is 0.264 e. The molecule has 180 valence electrons. The van der Waals surface area contributed by atoms with Crippen LogP contribution < -0.4 is 10.9 Å². The molecule has 0 bridgehead atoms. The van der Waals surface area contributed by atoms with Crippen molar-refractivity contribution in [1.82, 2.24) is 19.4 Å². The Kier molecular flexibility index (Phi) is 6.37. The highest BCUT2D eigenvalue weighted by Gasteiger charge is 2.24. The molecule has 9 nitrogen and oxygen atoms in total. The van der Waals surface area contributed by atoms with Gasteiger partial charge < -0.3 is 14.6 Å². The second-order valence-electron chi connectivity index (χ2n) is 8.98. The van der Waals surface area contributed by atoms with Crippen molar-refractivity contribution in [3.63, 3.8) is 0 Å². The highest BCUT2D eigenvalue weighted by atomic mass is 32.2. The van der Waals surface area contributed by atoms with Gasteiger partial charge in [-0.3, -0.25) is 9.69 Å². The zero-order valence-corrected chi connectivity index (χ0v) is 20.1. The van der Waals surface area contributed by atoms with Crippen molar-refractivity contribution in [2.24, 2.45) is 7.05 Å². The van der Waals surface area contributed by atoms with E-state index in [4.69, 9.17) is 9.72 Å². The summed E-state index contributed by atoms with van der Waals surface area (Å²) in [4.78, 5) is 24.3. The highest BCUT2D eigenvalue weighted by Crippen LogP contribution is 2.30. The van der Waals surface area contributed by atoms with Crippen LogP contribution in [0.5, 0.6) is 0 Å². The standard InChI is InChI=1S/C24H29N5O4S/c1-28-16-25-21-15-20(27-23(22(21)24(28)30)26-18-5-6-18)17-3-7-19(8-4-17)34(31,32)14-11-29-9-2-12-33-13-10-29/h3-4,7-8,15-16,18H,2,5-6,9-14H2,1H3,(H,26,27). The maximum absolute atomic E-state index is 12.9. The van der Waals surface area contributed by atoms with E-state index >= 15 is 0 Å². The molecule has 10 heteroatoms. The molecule has 2 fully saturated rings. The predicted molar refractivity (Wildman–Crippen MR) is 131 cm³/mol. The van der Waals surface area contributed by atoms with Crippen molar-refractivity contribution >= 4 is 26.6 Å². The van der Waals surface area contributed by atoms with Crippen LogP contribution in [0.25, 0.3) is 22.2 Å². The number of pyridine rings is 1. The quantitative estimate of drug-likeness (QED) is 0.544. The third-order valence-corrected chi connectivity index (χ3v) is 8.03. The van der Waals surface area contributed by atoms with Gasteiger partial charge in [0, 0.05) is 44.9 Å². The largest absolute Gasteiger partial charge is 0.380 e. The lowest BCUT2D eigenvalue weighted by molar-refractivity contribution is 0.142. The Morgan fingerprint density at radius 1 is 1.15 bits per heavy atom. The molecule has 0 atom stereocenters. The molecule has 1 aromatic carbocycles. The van der Waals surface area contributed by atoms with E-state index in [-0.39, 0.29) is 11.3 Å². The Balaban J connectivity index is 1.40. The molecule has 0 spiro atoms. The monoisotopic (exact) mass is 483 g/mol. The van der Waals surface area contributed by atoms with Gasteiger partial charge in [-0.05, 0) is 37.5 Å². The second kappa shape index (κ2) is 9.44. The summed E-state index contributed by atoms with van der Waals surface area (Å²) in [5.41, 5.74) is 1.83. The summed E-state index contributed by atoms with van der Waals surface area (Å²) in [6, 6.07) is 8.89. The van der Waals surface area contributed by atoms with Crippen LogP contribution in [0.15, 0.2) is 46.3 Å². The summed E-state index contributed by atoms with van der Waals surface area (Å²) in [5, 5.41) is 3.82. The van der Waals surface area contributed by atoms with Gasteiger partial charge in [0.2, 0.25) is 0 Å². The van der Waals surface area contributed by atoms with E-state index in [1.54, 1.807) is 37.4 Å². The Labute approximate surface area is 198 Å². The minimum absolute atomic E-state index is 0.0727. The fourth-order valence-electron chi connectivity index (χ4n) is 4.12. The zero-order chi connectivity index (χ0) is 23.7. The Morgan fingerprint density at radius 3 is 2.71 bits per heavy atom. The summed E-state index contributed by atoms with van der Waals surface area (Å²) in [7, 11) is -1.73. The molecule has 3 heterocycles. The first-order chi connectivity index (χ1) is 16.4. The number of aromatic nitrogens is 3. The minimum Gasteiger partial charge on any atom is -0.380 e. The molecule has 5 rings (SSSR count). The Morgan fingerprint density at radius 2 is 1.94 bits per heavy atom. The molecule has 1 saturated carbocycles.